The Balaban J connectivity index is 2.08. The van der Waals surface area contributed by atoms with E-state index in [2.05, 4.69) is 35.0 Å². The number of para-hydroxylation sites is 1. The fraction of sp³-hybridized carbons (Fsp3) is 0.471. The van der Waals surface area contributed by atoms with Gasteiger partial charge in [0.2, 0.25) is 0 Å². The van der Waals surface area contributed by atoms with Gasteiger partial charge in [-0.2, -0.15) is 0 Å². The largest absolute Gasteiger partial charge is 0.370 e. The topological polar surface area (TPSA) is 42.1 Å². The molecule has 20 heavy (non-hydrogen) atoms. The van der Waals surface area contributed by atoms with Crippen LogP contribution in [0.1, 0.15) is 31.7 Å². The molecule has 3 rings (SSSR count). The molecule has 2 heterocycles. The zero-order valence-electron chi connectivity index (χ0n) is 12.2. The first-order chi connectivity index (χ1) is 9.83. The molecule has 1 fully saturated rings. The Morgan fingerprint density at radius 3 is 3.00 bits per heavy atom. The minimum absolute atomic E-state index is 0.556. The summed E-state index contributed by atoms with van der Waals surface area (Å²) in [5.74, 6) is 0.807. The maximum Gasteiger partial charge on any atom is 0.0723 e. The normalized spacial score (nSPS) is 19.5. The summed E-state index contributed by atoms with van der Waals surface area (Å²) in [6.45, 7) is 5.14. The highest BCUT2D eigenvalue weighted by atomic mass is 15.1. The minimum Gasteiger partial charge on any atom is -0.370 e. The predicted molar refractivity (Wildman–Crippen MR) is 84.9 cm³/mol. The summed E-state index contributed by atoms with van der Waals surface area (Å²) < 4.78 is 0. The fourth-order valence-corrected chi connectivity index (χ4v) is 3.29. The van der Waals surface area contributed by atoms with Crippen molar-refractivity contribution in [2.45, 2.75) is 32.7 Å². The second-order valence-electron chi connectivity index (χ2n) is 5.72. The lowest BCUT2D eigenvalue weighted by molar-refractivity contribution is 0.405. The summed E-state index contributed by atoms with van der Waals surface area (Å²) in [5, 5.41) is 1.24. The number of nitrogens with zero attached hydrogens (tertiary/aromatic N) is 2. The Bertz CT molecular complexity index is 594. The Morgan fingerprint density at radius 2 is 2.20 bits per heavy atom. The van der Waals surface area contributed by atoms with E-state index < -0.39 is 0 Å². The van der Waals surface area contributed by atoms with Crippen LogP contribution in [0.5, 0.6) is 0 Å². The van der Waals surface area contributed by atoms with Crippen LogP contribution in [0.15, 0.2) is 30.5 Å². The van der Waals surface area contributed by atoms with Crippen LogP contribution in [-0.4, -0.2) is 18.1 Å². The number of nitrogens with two attached hydrogens (primary N) is 1. The van der Waals surface area contributed by atoms with Crippen LogP contribution in [0.4, 0.5) is 5.69 Å². The molecule has 3 nitrogen and oxygen atoms in total. The molecular weight excluding hydrogens is 246 g/mol. The molecule has 0 radical (unpaired) electrons. The Labute approximate surface area is 120 Å². The van der Waals surface area contributed by atoms with Gasteiger partial charge in [-0.1, -0.05) is 31.5 Å². The number of hydrogen-bond donors (Lipinski definition) is 1. The van der Waals surface area contributed by atoms with Gasteiger partial charge in [0, 0.05) is 36.8 Å². The van der Waals surface area contributed by atoms with Crippen molar-refractivity contribution in [3.8, 4) is 0 Å². The number of rotatable bonds is 3. The molecule has 1 atom stereocenters. The van der Waals surface area contributed by atoms with Crippen LogP contribution in [0.25, 0.3) is 10.9 Å². The number of benzene rings is 1. The predicted octanol–water partition coefficient (Wildman–Crippen LogP) is 3.32. The highest BCUT2D eigenvalue weighted by Crippen LogP contribution is 2.33. The van der Waals surface area contributed by atoms with Gasteiger partial charge in [0.25, 0.3) is 0 Å². The van der Waals surface area contributed by atoms with Crippen molar-refractivity contribution in [3.63, 3.8) is 0 Å². The smallest absolute Gasteiger partial charge is 0.0723 e. The van der Waals surface area contributed by atoms with Crippen molar-refractivity contribution < 1.29 is 0 Å². The van der Waals surface area contributed by atoms with Crippen molar-refractivity contribution in [3.05, 3.63) is 36.0 Å². The van der Waals surface area contributed by atoms with Crippen molar-refractivity contribution >= 4 is 16.6 Å². The maximum absolute atomic E-state index is 5.95. The molecule has 1 saturated heterocycles. The zero-order valence-corrected chi connectivity index (χ0v) is 12.2. The number of fused-ring (bicyclic) bond motifs is 1. The Hall–Kier alpha value is -1.61. The number of aromatic nitrogens is 1. The average molecular weight is 269 g/mol. The number of piperidine rings is 1. The van der Waals surface area contributed by atoms with Gasteiger partial charge < -0.3 is 10.6 Å². The summed E-state index contributed by atoms with van der Waals surface area (Å²) in [6, 6.07) is 8.40. The van der Waals surface area contributed by atoms with E-state index in [1.807, 2.05) is 12.3 Å². The minimum atomic E-state index is 0.556. The third-order valence-electron chi connectivity index (χ3n) is 4.46. The summed E-state index contributed by atoms with van der Waals surface area (Å²) in [5.41, 5.74) is 9.50. The second kappa shape index (κ2) is 5.80. The van der Waals surface area contributed by atoms with E-state index in [1.54, 1.807) is 0 Å². The van der Waals surface area contributed by atoms with Crippen LogP contribution in [0.2, 0.25) is 0 Å². The van der Waals surface area contributed by atoms with Crippen LogP contribution in [0.3, 0.4) is 0 Å². The summed E-state index contributed by atoms with van der Waals surface area (Å²) in [4.78, 5) is 7.07. The molecule has 0 amide bonds. The van der Waals surface area contributed by atoms with E-state index >= 15 is 0 Å². The van der Waals surface area contributed by atoms with Gasteiger partial charge in [-0.3, -0.25) is 4.98 Å². The summed E-state index contributed by atoms with van der Waals surface area (Å²) >= 11 is 0. The van der Waals surface area contributed by atoms with E-state index in [9.17, 15) is 0 Å². The van der Waals surface area contributed by atoms with Crippen molar-refractivity contribution in [2.75, 3.05) is 18.0 Å². The molecule has 1 aliphatic heterocycles. The standard InChI is InChI=1S/C17H23N3/c1-2-13-6-5-9-20(12-13)17-14(10-18)11-19-16-8-4-3-7-15(16)17/h3-4,7-8,11,13H,2,5-6,9-10,12,18H2,1H3. The molecule has 106 valence electrons. The molecule has 1 unspecified atom stereocenters. The summed E-state index contributed by atoms with van der Waals surface area (Å²) in [6.07, 6.45) is 5.85. The van der Waals surface area contributed by atoms with Crippen molar-refractivity contribution in [2.24, 2.45) is 11.7 Å². The van der Waals surface area contributed by atoms with E-state index in [1.165, 1.54) is 35.9 Å². The van der Waals surface area contributed by atoms with Crippen LogP contribution < -0.4 is 10.6 Å². The van der Waals surface area contributed by atoms with Gasteiger partial charge >= 0.3 is 0 Å². The van der Waals surface area contributed by atoms with Gasteiger partial charge in [0.05, 0.1) is 11.2 Å². The molecule has 1 aromatic carbocycles. The molecule has 0 saturated carbocycles. The van der Waals surface area contributed by atoms with Crippen LogP contribution in [-0.2, 0) is 6.54 Å². The molecular formula is C17H23N3. The molecule has 1 aliphatic rings. The molecule has 0 aliphatic carbocycles. The van der Waals surface area contributed by atoms with Crippen molar-refractivity contribution in [1.82, 2.24) is 4.98 Å². The maximum atomic E-state index is 5.95. The quantitative estimate of drug-likeness (QED) is 0.929. The van der Waals surface area contributed by atoms with Gasteiger partial charge in [0.1, 0.15) is 0 Å². The van der Waals surface area contributed by atoms with Crippen molar-refractivity contribution in [1.29, 1.82) is 0 Å². The third kappa shape index (κ3) is 2.38. The van der Waals surface area contributed by atoms with Gasteiger partial charge in [-0.25, -0.2) is 0 Å². The first-order valence-electron chi connectivity index (χ1n) is 7.65. The monoisotopic (exact) mass is 269 g/mol. The molecule has 0 spiro atoms. The summed E-state index contributed by atoms with van der Waals surface area (Å²) in [7, 11) is 0. The molecule has 3 heteroatoms. The zero-order chi connectivity index (χ0) is 13.9. The second-order valence-corrected chi connectivity index (χ2v) is 5.72. The molecule has 2 aromatic rings. The van der Waals surface area contributed by atoms with E-state index in [-0.39, 0.29) is 0 Å². The van der Waals surface area contributed by atoms with E-state index in [0.717, 1.165) is 24.5 Å². The highest BCUT2D eigenvalue weighted by molar-refractivity contribution is 5.93. The fourth-order valence-electron chi connectivity index (χ4n) is 3.29. The SMILES string of the molecule is CCC1CCCN(c2c(CN)cnc3ccccc23)C1. The number of pyridine rings is 1. The first kappa shape index (κ1) is 13.4. The lowest BCUT2D eigenvalue weighted by Gasteiger charge is -2.35. The molecule has 0 bridgehead atoms. The number of hydrogen-bond acceptors (Lipinski definition) is 3. The van der Waals surface area contributed by atoms with Gasteiger partial charge in [-0.15, -0.1) is 0 Å². The molecule has 1 aromatic heterocycles. The highest BCUT2D eigenvalue weighted by Gasteiger charge is 2.22. The van der Waals surface area contributed by atoms with Gasteiger partial charge in [0.15, 0.2) is 0 Å². The van der Waals surface area contributed by atoms with Crippen LogP contribution >= 0.6 is 0 Å². The lowest BCUT2D eigenvalue weighted by Crippen LogP contribution is -2.36. The molecule has 2 N–H and O–H groups in total. The van der Waals surface area contributed by atoms with E-state index in [4.69, 9.17) is 5.73 Å². The third-order valence-corrected chi connectivity index (χ3v) is 4.46. The average Bonchev–Trinajstić information content (AvgIpc) is 2.53. The Kier molecular flexibility index (Phi) is 3.88. The lowest BCUT2D eigenvalue weighted by atomic mass is 9.94. The number of anilines is 1. The van der Waals surface area contributed by atoms with Crippen LogP contribution in [0, 0.1) is 5.92 Å². The first-order valence-corrected chi connectivity index (χ1v) is 7.65. The Morgan fingerprint density at radius 1 is 1.35 bits per heavy atom. The van der Waals surface area contributed by atoms with Gasteiger partial charge in [-0.05, 0) is 24.8 Å². The van der Waals surface area contributed by atoms with E-state index in [0.29, 0.717) is 6.54 Å².